The Kier molecular flexibility index (Phi) is 4.14. The van der Waals surface area contributed by atoms with Gasteiger partial charge in [-0.1, -0.05) is 12.1 Å². The van der Waals surface area contributed by atoms with Crippen molar-refractivity contribution in [1.82, 2.24) is 15.2 Å². The molecule has 0 saturated carbocycles. The Morgan fingerprint density at radius 2 is 1.81 bits per heavy atom. The van der Waals surface area contributed by atoms with E-state index in [9.17, 15) is 8.42 Å². The molecule has 0 saturated heterocycles. The zero-order chi connectivity index (χ0) is 15.5. The van der Waals surface area contributed by atoms with Gasteiger partial charge in [0.25, 0.3) is 16.0 Å². The van der Waals surface area contributed by atoms with Crippen molar-refractivity contribution in [3.63, 3.8) is 0 Å². The summed E-state index contributed by atoms with van der Waals surface area (Å²) in [6, 6.07) is 8.06. The van der Waals surface area contributed by atoms with Gasteiger partial charge in [0.2, 0.25) is 0 Å². The Bertz CT molecular complexity index is 794. The second-order valence-electron chi connectivity index (χ2n) is 4.39. The first-order valence-corrected chi connectivity index (χ1v) is 7.57. The first-order valence-electron chi connectivity index (χ1n) is 6.09. The van der Waals surface area contributed by atoms with Crippen LogP contribution < -0.4 is 4.72 Å². The molecular formula is C13H13N5O2S. The molecule has 0 aliphatic carbocycles. The molecule has 0 aliphatic heterocycles. The van der Waals surface area contributed by atoms with Gasteiger partial charge in [-0.15, -0.1) is 5.10 Å². The normalized spacial score (nSPS) is 10.9. The van der Waals surface area contributed by atoms with E-state index in [0.717, 1.165) is 5.56 Å². The molecule has 1 aromatic carbocycles. The summed E-state index contributed by atoms with van der Waals surface area (Å²) in [6.45, 7) is 3.46. The number of aryl methyl sites for hydroxylation is 2. The molecule has 21 heavy (non-hydrogen) atoms. The number of rotatable bonds is 4. The van der Waals surface area contributed by atoms with E-state index in [1.807, 2.05) is 6.07 Å². The highest BCUT2D eigenvalue weighted by molar-refractivity contribution is 7.92. The molecule has 0 spiro atoms. The number of nitrogens with zero attached hydrogens (tertiary/aromatic N) is 4. The van der Waals surface area contributed by atoms with Crippen molar-refractivity contribution in [2.75, 3.05) is 4.72 Å². The summed E-state index contributed by atoms with van der Waals surface area (Å²) >= 11 is 0. The van der Waals surface area contributed by atoms with Crippen LogP contribution in [0.1, 0.15) is 17.0 Å². The maximum absolute atomic E-state index is 12.2. The number of sulfonamides is 1. The second-order valence-corrected chi connectivity index (χ2v) is 6.07. The third-order valence-corrected chi connectivity index (χ3v) is 4.18. The molecular weight excluding hydrogens is 290 g/mol. The molecule has 0 unspecified atom stereocenters. The van der Waals surface area contributed by atoms with Gasteiger partial charge in [0.15, 0.2) is 0 Å². The van der Waals surface area contributed by atoms with Crippen LogP contribution in [0.25, 0.3) is 0 Å². The molecule has 7 nitrogen and oxygen atoms in total. The summed E-state index contributed by atoms with van der Waals surface area (Å²) in [4.78, 5) is 4.10. The van der Waals surface area contributed by atoms with Crippen molar-refractivity contribution in [3.8, 4) is 6.07 Å². The molecule has 1 N–H and O–H groups in total. The molecule has 0 radical (unpaired) electrons. The zero-order valence-electron chi connectivity index (χ0n) is 11.5. The van der Waals surface area contributed by atoms with E-state index in [-0.39, 0.29) is 17.3 Å². The van der Waals surface area contributed by atoms with Crippen LogP contribution in [-0.4, -0.2) is 23.6 Å². The summed E-state index contributed by atoms with van der Waals surface area (Å²) in [5, 5.41) is 16.1. The topological polar surface area (TPSA) is 109 Å². The third-order valence-electron chi connectivity index (χ3n) is 2.83. The highest BCUT2D eigenvalue weighted by Crippen LogP contribution is 2.14. The van der Waals surface area contributed by atoms with E-state index < -0.39 is 10.0 Å². The average molecular weight is 303 g/mol. The highest BCUT2D eigenvalue weighted by Gasteiger charge is 2.16. The number of benzene rings is 1. The number of hydrogen-bond acceptors (Lipinski definition) is 6. The molecule has 108 valence electrons. The van der Waals surface area contributed by atoms with Crippen molar-refractivity contribution >= 4 is 16.0 Å². The molecule has 0 fully saturated rings. The van der Waals surface area contributed by atoms with Crippen LogP contribution in [-0.2, 0) is 16.4 Å². The molecule has 1 aromatic heterocycles. The Labute approximate surface area is 122 Å². The molecule has 0 bridgehead atoms. The Hall–Kier alpha value is -2.53. The molecule has 2 rings (SSSR count). The van der Waals surface area contributed by atoms with Crippen molar-refractivity contribution in [3.05, 3.63) is 41.2 Å². The summed E-state index contributed by atoms with van der Waals surface area (Å²) in [5.41, 5.74) is 1.99. The van der Waals surface area contributed by atoms with Crippen molar-refractivity contribution in [2.45, 2.75) is 25.2 Å². The number of hydrogen-bond donors (Lipinski definition) is 1. The lowest BCUT2D eigenvalue weighted by atomic mass is 10.2. The van der Waals surface area contributed by atoms with E-state index in [1.54, 1.807) is 26.0 Å². The van der Waals surface area contributed by atoms with E-state index in [1.165, 1.54) is 12.1 Å². The van der Waals surface area contributed by atoms with E-state index in [4.69, 9.17) is 5.26 Å². The lowest BCUT2D eigenvalue weighted by Gasteiger charge is -2.07. The maximum atomic E-state index is 12.2. The minimum absolute atomic E-state index is 0.0702. The monoisotopic (exact) mass is 303 g/mol. The summed E-state index contributed by atoms with van der Waals surface area (Å²) in [5.74, 6) is -0.0702. The summed E-state index contributed by atoms with van der Waals surface area (Å²) in [6.07, 6.45) is 0.234. The lowest BCUT2D eigenvalue weighted by Crippen LogP contribution is -2.16. The molecule has 0 aliphatic rings. The van der Waals surface area contributed by atoms with Gasteiger partial charge >= 0.3 is 0 Å². The van der Waals surface area contributed by atoms with E-state index in [0.29, 0.717) is 11.4 Å². The smallest absolute Gasteiger partial charge is 0.246 e. The molecule has 0 atom stereocenters. The van der Waals surface area contributed by atoms with Crippen LogP contribution >= 0.6 is 0 Å². The van der Waals surface area contributed by atoms with Crippen molar-refractivity contribution in [2.24, 2.45) is 0 Å². The van der Waals surface area contributed by atoms with Crippen LogP contribution in [0.2, 0.25) is 0 Å². The zero-order valence-corrected chi connectivity index (χ0v) is 12.3. The molecule has 2 aromatic rings. The third kappa shape index (κ3) is 3.52. The first-order chi connectivity index (χ1) is 9.92. The highest BCUT2D eigenvalue weighted by atomic mass is 32.2. The van der Waals surface area contributed by atoms with Crippen molar-refractivity contribution < 1.29 is 8.42 Å². The van der Waals surface area contributed by atoms with Crippen molar-refractivity contribution in [1.29, 1.82) is 5.26 Å². The second kappa shape index (κ2) is 5.85. The number of nitriles is 1. The molecule has 1 heterocycles. The summed E-state index contributed by atoms with van der Waals surface area (Å²) in [7, 11) is -3.77. The minimum atomic E-state index is -3.77. The average Bonchev–Trinajstić information content (AvgIpc) is 2.44. The Balaban J connectivity index is 2.25. The van der Waals surface area contributed by atoms with Crippen LogP contribution in [0.4, 0.5) is 5.95 Å². The van der Waals surface area contributed by atoms with E-state index in [2.05, 4.69) is 19.9 Å². The van der Waals surface area contributed by atoms with Gasteiger partial charge in [0.1, 0.15) is 0 Å². The van der Waals surface area contributed by atoms with Gasteiger partial charge in [-0.25, -0.2) is 18.1 Å². The SMILES string of the molecule is Cc1nnc(NS(=O)(=O)c2ccc(CC#N)cc2)nc1C. The number of anilines is 1. The van der Waals surface area contributed by atoms with Crippen LogP contribution in [0.15, 0.2) is 29.2 Å². The Morgan fingerprint density at radius 1 is 1.14 bits per heavy atom. The standard InChI is InChI=1S/C13H13N5O2S/c1-9-10(2)16-17-13(15-9)18-21(19,20)12-5-3-11(4-6-12)7-8-14/h3-6H,7H2,1-2H3,(H,15,17,18). The van der Waals surface area contributed by atoms with Gasteiger partial charge in [0.05, 0.1) is 28.8 Å². The largest absolute Gasteiger partial charge is 0.264 e. The fourth-order valence-corrected chi connectivity index (χ4v) is 2.50. The minimum Gasteiger partial charge on any atom is -0.246 e. The predicted molar refractivity (Wildman–Crippen MR) is 75.9 cm³/mol. The number of nitrogens with one attached hydrogen (secondary N) is 1. The lowest BCUT2D eigenvalue weighted by molar-refractivity contribution is 0.600. The predicted octanol–water partition coefficient (Wildman–Crippen LogP) is 1.36. The van der Waals surface area contributed by atoms with E-state index >= 15 is 0 Å². The number of aromatic nitrogens is 3. The van der Waals surface area contributed by atoms with Gasteiger partial charge in [-0.3, -0.25) is 0 Å². The van der Waals surface area contributed by atoms with Crippen LogP contribution in [0.5, 0.6) is 0 Å². The fraction of sp³-hybridized carbons (Fsp3) is 0.231. The van der Waals surface area contributed by atoms with Gasteiger partial charge < -0.3 is 0 Å². The first kappa shape index (κ1) is 14.9. The van der Waals surface area contributed by atoms with Crippen LogP contribution in [0, 0.1) is 25.2 Å². The molecule has 0 amide bonds. The maximum Gasteiger partial charge on any atom is 0.264 e. The fourth-order valence-electron chi connectivity index (χ4n) is 1.56. The van der Waals surface area contributed by atoms with Gasteiger partial charge in [0, 0.05) is 0 Å². The van der Waals surface area contributed by atoms with Gasteiger partial charge in [-0.2, -0.15) is 10.4 Å². The van der Waals surface area contributed by atoms with Crippen LogP contribution in [0.3, 0.4) is 0 Å². The van der Waals surface area contributed by atoms with Gasteiger partial charge in [-0.05, 0) is 31.5 Å². The Morgan fingerprint density at radius 3 is 2.38 bits per heavy atom. The summed E-state index contributed by atoms with van der Waals surface area (Å²) < 4.78 is 26.6. The molecule has 8 heteroatoms. The quantitative estimate of drug-likeness (QED) is 0.913.